The lowest BCUT2D eigenvalue weighted by Crippen LogP contribution is -2.08. The number of allylic oxidation sites excluding steroid dienone is 1. The molecule has 18 heavy (non-hydrogen) atoms. The van der Waals surface area contributed by atoms with Gasteiger partial charge in [-0.2, -0.15) is 0 Å². The zero-order valence-electron chi connectivity index (χ0n) is 11.0. The van der Waals surface area contributed by atoms with Crippen molar-refractivity contribution in [1.82, 2.24) is 0 Å². The van der Waals surface area contributed by atoms with Crippen LogP contribution in [0.1, 0.15) is 41.3 Å². The second-order valence-electron chi connectivity index (χ2n) is 4.17. The van der Waals surface area contributed by atoms with E-state index in [1.54, 1.807) is 0 Å². The van der Waals surface area contributed by atoms with Crippen LogP contribution in [0.2, 0.25) is 0 Å². The van der Waals surface area contributed by atoms with Crippen molar-refractivity contribution >= 4 is 6.29 Å². The quantitative estimate of drug-likeness (QED) is 0.596. The second-order valence-corrected chi connectivity index (χ2v) is 4.17. The first-order chi connectivity index (χ1) is 8.67. The predicted octanol–water partition coefficient (Wildman–Crippen LogP) is 2.72. The summed E-state index contributed by atoms with van der Waals surface area (Å²) in [5, 5.41) is 8.85. The van der Waals surface area contributed by atoms with Gasteiger partial charge in [0, 0.05) is 11.5 Å². The Labute approximate surface area is 108 Å². The second kappa shape index (κ2) is 6.97. The zero-order chi connectivity index (χ0) is 13.5. The molecule has 1 atom stereocenters. The summed E-state index contributed by atoms with van der Waals surface area (Å²) >= 11 is 0. The number of ether oxygens (including phenoxy) is 1. The smallest absolute Gasteiger partial charge is 0.153 e. The molecule has 1 aromatic carbocycles. The van der Waals surface area contributed by atoms with Crippen LogP contribution >= 0.6 is 0 Å². The molecule has 0 heterocycles. The summed E-state index contributed by atoms with van der Waals surface area (Å²) in [6.07, 6.45) is 3.47. The van der Waals surface area contributed by atoms with Gasteiger partial charge in [0.15, 0.2) is 6.29 Å². The molecule has 0 aliphatic rings. The fourth-order valence-corrected chi connectivity index (χ4v) is 1.81. The molecule has 0 aromatic heterocycles. The van der Waals surface area contributed by atoms with Crippen LogP contribution in [0.4, 0.5) is 0 Å². The van der Waals surface area contributed by atoms with Gasteiger partial charge in [-0.05, 0) is 18.1 Å². The maximum Gasteiger partial charge on any atom is 0.153 e. The van der Waals surface area contributed by atoms with E-state index in [0.29, 0.717) is 11.3 Å². The molecule has 3 heteroatoms. The molecule has 0 saturated carbocycles. The SMILES string of the molecule is C=CC(C)c1cc(CC)cc(C=O)c1OCCO. The lowest BCUT2D eigenvalue weighted by atomic mass is 9.94. The molecular formula is C15H20O3. The minimum Gasteiger partial charge on any atom is -0.490 e. The minimum absolute atomic E-state index is 0.0737. The number of aliphatic hydroxyl groups excluding tert-OH is 1. The molecule has 0 fully saturated rings. The van der Waals surface area contributed by atoms with E-state index in [-0.39, 0.29) is 19.1 Å². The molecule has 0 aliphatic carbocycles. The Bertz CT molecular complexity index is 424. The number of aldehydes is 1. The van der Waals surface area contributed by atoms with Gasteiger partial charge in [-0.25, -0.2) is 0 Å². The maximum absolute atomic E-state index is 11.2. The van der Waals surface area contributed by atoms with Crippen LogP contribution in [0, 0.1) is 0 Å². The van der Waals surface area contributed by atoms with E-state index in [9.17, 15) is 4.79 Å². The number of aryl methyl sites for hydroxylation is 1. The molecule has 1 aromatic rings. The number of hydrogen-bond donors (Lipinski definition) is 1. The molecule has 98 valence electrons. The summed E-state index contributed by atoms with van der Waals surface area (Å²) in [7, 11) is 0. The first-order valence-corrected chi connectivity index (χ1v) is 6.16. The number of benzene rings is 1. The van der Waals surface area contributed by atoms with Gasteiger partial charge in [-0.1, -0.05) is 26.0 Å². The summed E-state index contributed by atoms with van der Waals surface area (Å²) in [6, 6.07) is 3.87. The number of hydrogen-bond acceptors (Lipinski definition) is 3. The third kappa shape index (κ3) is 3.20. The van der Waals surface area contributed by atoms with Gasteiger partial charge in [0.1, 0.15) is 12.4 Å². The van der Waals surface area contributed by atoms with Crippen molar-refractivity contribution in [2.24, 2.45) is 0 Å². The lowest BCUT2D eigenvalue weighted by molar-refractivity contribution is 0.111. The van der Waals surface area contributed by atoms with Crippen LogP contribution in [0.5, 0.6) is 5.75 Å². The van der Waals surface area contributed by atoms with Crippen molar-refractivity contribution in [2.75, 3.05) is 13.2 Å². The van der Waals surface area contributed by atoms with E-state index in [1.165, 1.54) is 0 Å². The normalized spacial score (nSPS) is 11.9. The molecule has 0 amide bonds. The Balaban J connectivity index is 3.31. The Kier molecular flexibility index (Phi) is 5.59. The molecule has 1 rings (SSSR count). The third-order valence-electron chi connectivity index (χ3n) is 2.92. The third-order valence-corrected chi connectivity index (χ3v) is 2.92. The number of aliphatic hydroxyl groups is 1. The van der Waals surface area contributed by atoms with Crippen LogP contribution in [0.3, 0.4) is 0 Å². The van der Waals surface area contributed by atoms with Crippen LogP contribution in [-0.2, 0) is 6.42 Å². The highest BCUT2D eigenvalue weighted by Crippen LogP contribution is 2.32. The van der Waals surface area contributed by atoms with Crippen LogP contribution in [-0.4, -0.2) is 24.6 Å². The van der Waals surface area contributed by atoms with E-state index in [2.05, 4.69) is 6.58 Å². The van der Waals surface area contributed by atoms with Crippen molar-refractivity contribution in [1.29, 1.82) is 0 Å². The van der Waals surface area contributed by atoms with Crippen molar-refractivity contribution in [2.45, 2.75) is 26.2 Å². The van der Waals surface area contributed by atoms with Crippen LogP contribution in [0.25, 0.3) is 0 Å². The molecule has 3 nitrogen and oxygen atoms in total. The fourth-order valence-electron chi connectivity index (χ4n) is 1.81. The highest BCUT2D eigenvalue weighted by molar-refractivity contribution is 5.81. The summed E-state index contributed by atoms with van der Waals surface area (Å²) in [5.74, 6) is 0.660. The van der Waals surface area contributed by atoms with E-state index in [0.717, 1.165) is 23.8 Å². The van der Waals surface area contributed by atoms with Crippen molar-refractivity contribution in [3.8, 4) is 5.75 Å². The van der Waals surface area contributed by atoms with Crippen LogP contribution < -0.4 is 4.74 Å². The number of carbonyl (C=O) groups is 1. The molecule has 0 aliphatic heterocycles. The average molecular weight is 248 g/mol. The van der Waals surface area contributed by atoms with Crippen LogP contribution in [0.15, 0.2) is 24.8 Å². The highest BCUT2D eigenvalue weighted by Gasteiger charge is 2.15. The lowest BCUT2D eigenvalue weighted by Gasteiger charge is -2.17. The summed E-state index contributed by atoms with van der Waals surface area (Å²) < 4.78 is 5.50. The molecule has 0 saturated heterocycles. The molecule has 0 spiro atoms. The zero-order valence-corrected chi connectivity index (χ0v) is 11.0. The minimum atomic E-state index is -0.0737. The van der Waals surface area contributed by atoms with Gasteiger partial charge in [0.25, 0.3) is 0 Å². The molecule has 0 radical (unpaired) electrons. The first kappa shape index (κ1) is 14.5. The van der Waals surface area contributed by atoms with E-state index < -0.39 is 0 Å². The van der Waals surface area contributed by atoms with E-state index in [4.69, 9.17) is 9.84 Å². The maximum atomic E-state index is 11.2. The van der Waals surface area contributed by atoms with Crippen molar-refractivity contribution < 1.29 is 14.6 Å². The van der Waals surface area contributed by atoms with Gasteiger partial charge in [0.05, 0.1) is 12.2 Å². The van der Waals surface area contributed by atoms with Crippen molar-refractivity contribution in [3.63, 3.8) is 0 Å². The van der Waals surface area contributed by atoms with E-state index in [1.807, 2.05) is 32.1 Å². The standard InChI is InChI=1S/C15H20O3/c1-4-11(3)14-9-12(5-2)8-13(10-17)15(14)18-7-6-16/h4,8-11,16H,1,5-7H2,2-3H3. The Morgan fingerprint density at radius 2 is 2.22 bits per heavy atom. The van der Waals surface area contributed by atoms with Gasteiger partial charge in [-0.3, -0.25) is 4.79 Å². The summed E-state index contributed by atoms with van der Waals surface area (Å²) in [4.78, 5) is 11.2. The van der Waals surface area contributed by atoms with Gasteiger partial charge < -0.3 is 9.84 Å². The van der Waals surface area contributed by atoms with Gasteiger partial charge in [-0.15, -0.1) is 6.58 Å². The monoisotopic (exact) mass is 248 g/mol. The highest BCUT2D eigenvalue weighted by atomic mass is 16.5. The Hall–Kier alpha value is -1.61. The Morgan fingerprint density at radius 3 is 2.72 bits per heavy atom. The molecule has 1 unspecified atom stereocenters. The van der Waals surface area contributed by atoms with Gasteiger partial charge in [0.2, 0.25) is 0 Å². The Morgan fingerprint density at radius 1 is 1.50 bits per heavy atom. The molecular weight excluding hydrogens is 228 g/mol. The van der Waals surface area contributed by atoms with E-state index >= 15 is 0 Å². The average Bonchev–Trinajstić information content (AvgIpc) is 2.43. The van der Waals surface area contributed by atoms with Gasteiger partial charge >= 0.3 is 0 Å². The summed E-state index contributed by atoms with van der Waals surface area (Å²) in [5.41, 5.74) is 2.57. The number of carbonyl (C=O) groups excluding carboxylic acids is 1. The largest absolute Gasteiger partial charge is 0.490 e. The number of rotatable bonds is 7. The summed E-state index contributed by atoms with van der Waals surface area (Å²) in [6.45, 7) is 7.93. The molecule has 0 bridgehead atoms. The fraction of sp³-hybridized carbons (Fsp3) is 0.400. The first-order valence-electron chi connectivity index (χ1n) is 6.16. The molecule has 1 N–H and O–H groups in total. The van der Waals surface area contributed by atoms with Crippen molar-refractivity contribution in [3.05, 3.63) is 41.5 Å². The topological polar surface area (TPSA) is 46.5 Å². The predicted molar refractivity (Wildman–Crippen MR) is 72.4 cm³/mol.